The minimum Gasteiger partial charge on any atom is -0.495 e. The monoisotopic (exact) mass is 323 g/mol. The van der Waals surface area contributed by atoms with E-state index < -0.39 is 0 Å². The summed E-state index contributed by atoms with van der Waals surface area (Å²) in [4.78, 5) is 4.44. The number of para-hydroxylation sites is 2. The summed E-state index contributed by atoms with van der Waals surface area (Å²) < 4.78 is 10.6. The summed E-state index contributed by atoms with van der Waals surface area (Å²) in [5.41, 5.74) is 3.13. The first-order chi connectivity index (χ1) is 11.7. The van der Waals surface area contributed by atoms with E-state index in [4.69, 9.17) is 9.26 Å². The molecular formula is C19H21N3O2. The summed E-state index contributed by atoms with van der Waals surface area (Å²) in [5.74, 6) is 2.41. The van der Waals surface area contributed by atoms with E-state index in [0.29, 0.717) is 24.2 Å². The molecule has 24 heavy (non-hydrogen) atoms. The molecule has 0 radical (unpaired) electrons. The van der Waals surface area contributed by atoms with Crippen LogP contribution in [0.2, 0.25) is 0 Å². The Bertz CT molecular complexity index is 794. The second-order valence-electron chi connectivity index (χ2n) is 5.84. The third kappa shape index (κ3) is 3.56. The average molecular weight is 323 g/mol. The largest absolute Gasteiger partial charge is 0.495 e. The molecule has 0 aliphatic carbocycles. The van der Waals surface area contributed by atoms with E-state index in [1.807, 2.05) is 36.4 Å². The first-order valence-electron chi connectivity index (χ1n) is 7.97. The van der Waals surface area contributed by atoms with Gasteiger partial charge in [-0.25, -0.2) is 0 Å². The fourth-order valence-corrected chi connectivity index (χ4v) is 2.42. The first kappa shape index (κ1) is 16.1. The maximum atomic E-state index is 5.33. The molecule has 0 fully saturated rings. The van der Waals surface area contributed by atoms with Gasteiger partial charge in [-0.15, -0.1) is 0 Å². The molecule has 1 heterocycles. The number of anilines is 1. The van der Waals surface area contributed by atoms with Crippen molar-refractivity contribution in [1.82, 2.24) is 10.1 Å². The Morgan fingerprint density at radius 1 is 1.08 bits per heavy atom. The van der Waals surface area contributed by atoms with Gasteiger partial charge in [0, 0.05) is 5.56 Å². The first-order valence-corrected chi connectivity index (χ1v) is 7.97. The molecule has 5 heteroatoms. The van der Waals surface area contributed by atoms with Crippen LogP contribution in [0, 0.1) is 0 Å². The quantitative estimate of drug-likeness (QED) is 0.724. The predicted molar refractivity (Wildman–Crippen MR) is 94.1 cm³/mol. The molecule has 0 amide bonds. The molecule has 0 aliphatic heterocycles. The summed E-state index contributed by atoms with van der Waals surface area (Å²) in [5, 5.41) is 7.31. The number of nitrogens with one attached hydrogen (secondary N) is 1. The Labute approximate surface area is 141 Å². The molecule has 3 aromatic rings. The van der Waals surface area contributed by atoms with E-state index in [1.165, 1.54) is 5.56 Å². The summed E-state index contributed by atoms with van der Waals surface area (Å²) in [6.07, 6.45) is 0. The van der Waals surface area contributed by atoms with Crippen molar-refractivity contribution in [3.8, 4) is 17.1 Å². The van der Waals surface area contributed by atoms with E-state index in [-0.39, 0.29) is 0 Å². The van der Waals surface area contributed by atoms with Gasteiger partial charge in [-0.3, -0.25) is 0 Å². The minimum absolute atomic E-state index is 0.442. The molecule has 0 spiro atoms. The lowest BCUT2D eigenvalue weighted by molar-refractivity contribution is 0.383. The van der Waals surface area contributed by atoms with Gasteiger partial charge >= 0.3 is 0 Å². The van der Waals surface area contributed by atoms with Crippen molar-refractivity contribution in [2.45, 2.75) is 26.3 Å². The molecule has 0 atom stereocenters. The van der Waals surface area contributed by atoms with Gasteiger partial charge in [0.15, 0.2) is 0 Å². The third-order valence-corrected chi connectivity index (χ3v) is 3.84. The molecule has 124 valence electrons. The van der Waals surface area contributed by atoms with Crippen LogP contribution in [0.4, 0.5) is 5.69 Å². The fraction of sp³-hybridized carbons (Fsp3) is 0.263. The van der Waals surface area contributed by atoms with Crippen molar-refractivity contribution in [2.24, 2.45) is 0 Å². The molecule has 0 bridgehead atoms. The average Bonchev–Trinajstić information content (AvgIpc) is 3.09. The van der Waals surface area contributed by atoms with Crippen LogP contribution in [0.5, 0.6) is 5.75 Å². The second kappa shape index (κ2) is 7.17. The van der Waals surface area contributed by atoms with Crippen molar-refractivity contribution < 1.29 is 9.26 Å². The molecule has 0 saturated carbocycles. The van der Waals surface area contributed by atoms with Gasteiger partial charge in [0.25, 0.3) is 0 Å². The highest BCUT2D eigenvalue weighted by Gasteiger charge is 2.10. The lowest BCUT2D eigenvalue weighted by atomic mass is 10.0. The Hall–Kier alpha value is -2.82. The molecule has 0 unspecified atom stereocenters. The fourth-order valence-electron chi connectivity index (χ4n) is 2.42. The molecule has 1 N–H and O–H groups in total. The van der Waals surface area contributed by atoms with Crippen LogP contribution in [0.25, 0.3) is 11.4 Å². The van der Waals surface area contributed by atoms with Gasteiger partial charge in [-0.05, 0) is 23.6 Å². The van der Waals surface area contributed by atoms with Crippen molar-refractivity contribution in [3.63, 3.8) is 0 Å². The van der Waals surface area contributed by atoms with Gasteiger partial charge in [0.05, 0.1) is 19.3 Å². The van der Waals surface area contributed by atoms with Crippen LogP contribution >= 0.6 is 0 Å². The maximum absolute atomic E-state index is 5.33. The van der Waals surface area contributed by atoms with Crippen molar-refractivity contribution >= 4 is 5.69 Å². The van der Waals surface area contributed by atoms with Crippen molar-refractivity contribution in [1.29, 1.82) is 0 Å². The minimum atomic E-state index is 0.442. The van der Waals surface area contributed by atoms with Crippen LogP contribution in [-0.2, 0) is 6.54 Å². The number of methoxy groups -OCH3 is 1. The standard InChI is InChI=1S/C19H21N3O2/c1-13(2)14-8-10-15(11-9-14)19-21-18(24-22-19)12-20-16-6-4-5-7-17(16)23-3/h4-11,13,20H,12H2,1-3H3. The second-order valence-corrected chi connectivity index (χ2v) is 5.84. The number of aromatic nitrogens is 2. The molecule has 2 aromatic carbocycles. The maximum Gasteiger partial charge on any atom is 0.246 e. The zero-order chi connectivity index (χ0) is 16.9. The summed E-state index contributed by atoms with van der Waals surface area (Å²) in [7, 11) is 1.64. The topological polar surface area (TPSA) is 60.2 Å². The van der Waals surface area contributed by atoms with Crippen molar-refractivity contribution in [3.05, 3.63) is 60.0 Å². The van der Waals surface area contributed by atoms with Gasteiger partial charge in [-0.2, -0.15) is 4.98 Å². The highest BCUT2D eigenvalue weighted by Crippen LogP contribution is 2.24. The number of benzene rings is 2. The lowest BCUT2D eigenvalue weighted by Crippen LogP contribution is -2.01. The van der Waals surface area contributed by atoms with E-state index in [2.05, 4.69) is 41.4 Å². The van der Waals surface area contributed by atoms with E-state index >= 15 is 0 Å². The number of hydrogen-bond donors (Lipinski definition) is 1. The van der Waals surface area contributed by atoms with Gasteiger partial charge < -0.3 is 14.6 Å². The number of rotatable bonds is 6. The molecule has 0 aliphatic rings. The van der Waals surface area contributed by atoms with E-state index in [1.54, 1.807) is 7.11 Å². The zero-order valence-electron chi connectivity index (χ0n) is 14.1. The smallest absolute Gasteiger partial charge is 0.246 e. The SMILES string of the molecule is COc1ccccc1NCc1nc(-c2ccc(C(C)C)cc2)no1. The number of nitrogens with zero attached hydrogens (tertiary/aromatic N) is 2. The molecule has 0 saturated heterocycles. The Kier molecular flexibility index (Phi) is 4.79. The van der Waals surface area contributed by atoms with Crippen LogP contribution < -0.4 is 10.1 Å². The van der Waals surface area contributed by atoms with Gasteiger partial charge in [-0.1, -0.05) is 55.4 Å². The Morgan fingerprint density at radius 3 is 2.54 bits per heavy atom. The van der Waals surface area contributed by atoms with Gasteiger partial charge in [0.1, 0.15) is 5.75 Å². The summed E-state index contributed by atoms with van der Waals surface area (Å²) in [6.45, 7) is 4.79. The van der Waals surface area contributed by atoms with E-state index in [0.717, 1.165) is 17.0 Å². The highest BCUT2D eigenvalue weighted by atomic mass is 16.5. The molecule has 3 rings (SSSR count). The summed E-state index contributed by atoms with van der Waals surface area (Å²) in [6, 6.07) is 16.0. The normalized spacial score (nSPS) is 10.8. The van der Waals surface area contributed by atoms with Gasteiger partial charge in [0.2, 0.25) is 11.7 Å². The van der Waals surface area contributed by atoms with Crippen LogP contribution in [0.1, 0.15) is 31.2 Å². The number of hydrogen-bond acceptors (Lipinski definition) is 5. The Morgan fingerprint density at radius 2 is 1.83 bits per heavy atom. The highest BCUT2D eigenvalue weighted by molar-refractivity contribution is 5.57. The van der Waals surface area contributed by atoms with E-state index in [9.17, 15) is 0 Å². The third-order valence-electron chi connectivity index (χ3n) is 3.84. The van der Waals surface area contributed by atoms with Crippen LogP contribution in [0.15, 0.2) is 53.1 Å². The molecule has 1 aromatic heterocycles. The van der Waals surface area contributed by atoms with Crippen molar-refractivity contribution in [2.75, 3.05) is 12.4 Å². The van der Waals surface area contributed by atoms with Crippen LogP contribution in [-0.4, -0.2) is 17.3 Å². The molecular weight excluding hydrogens is 302 g/mol. The zero-order valence-corrected chi connectivity index (χ0v) is 14.1. The number of ether oxygens (including phenoxy) is 1. The Balaban J connectivity index is 1.69. The molecule has 5 nitrogen and oxygen atoms in total. The summed E-state index contributed by atoms with van der Waals surface area (Å²) >= 11 is 0. The predicted octanol–water partition coefficient (Wildman–Crippen LogP) is 4.48. The lowest BCUT2D eigenvalue weighted by Gasteiger charge is -2.08. The van der Waals surface area contributed by atoms with Crippen LogP contribution in [0.3, 0.4) is 0 Å².